The summed E-state index contributed by atoms with van der Waals surface area (Å²) in [5.74, 6) is 0. The van der Waals surface area contributed by atoms with E-state index in [1.54, 1.807) is 18.5 Å². The van der Waals surface area contributed by atoms with Crippen LogP contribution in [0.25, 0.3) is 10.9 Å². The molecule has 13 heavy (non-hydrogen) atoms. The summed E-state index contributed by atoms with van der Waals surface area (Å²) < 4.78 is 0. The Labute approximate surface area is 74.5 Å². The predicted molar refractivity (Wildman–Crippen MR) is 46.7 cm³/mol. The highest BCUT2D eigenvalue weighted by atomic mass is 16.5. The van der Waals surface area contributed by atoms with Crippen molar-refractivity contribution in [2.24, 2.45) is 0 Å². The van der Waals surface area contributed by atoms with Crippen molar-refractivity contribution in [3.05, 3.63) is 36.3 Å². The van der Waals surface area contributed by atoms with E-state index in [1.807, 2.05) is 6.07 Å². The van der Waals surface area contributed by atoms with Crippen LogP contribution in [0.3, 0.4) is 0 Å². The average Bonchev–Trinajstić information content (AvgIpc) is 2.17. The van der Waals surface area contributed by atoms with Crippen LogP contribution in [0, 0.1) is 0 Å². The van der Waals surface area contributed by atoms with Gasteiger partial charge in [-0.05, 0) is 12.1 Å². The molecule has 0 bridgehead atoms. The Balaban J connectivity index is 2.76. The van der Waals surface area contributed by atoms with Gasteiger partial charge in [-0.25, -0.2) is 0 Å². The van der Waals surface area contributed by atoms with Crippen molar-refractivity contribution >= 4 is 10.9 Å². The molecule has 0 saturated heterocycles. The number of aliphatic hydroxyl groups is 2. The first kappa shape index (κ1) is 8.10. The molecule has 0 radical (unpaired) electrons. The van der Waals surface area contributed by atoms with Crippen molar-refractivity contribution in [1.29, 1.82) is 0 Å². The van der Waals surface area contributed by atoms with Gasteiger partial charge in [0.05, 0.1) is 11.1 Å². The van der Waals surface area contributed by atoms with Crippen LogP contribution in [0.2, 0.25) is 0 Å². The number of rotatable bonds is 1. The first-order valence-electron chi connectivity index (χ1n) is 3.84. The smallest absolute Gasteiger partial charge is 0.182 e. The van der Waals surface area contributed by atoms with Crippen LogP contribution >= 0.6 is 0 Å². The molecule has 0 unspecified atom stereocenters. The monoisotopic (exact) mass is 176 g/mol. The Morgan fingerprint density at radius 3 is 2.85 bits per heavy atom. The van der Waals surface area contributed by atoms with Gasteiger partial charge in [-0.2, -0.15) is 0 Å². The van der Waals surface area contributed by atoms with Gasteiger partial charge in [0.1, 0.15) is 0 Å². The van der Waals surface area contributed by atoms with Gasteiger partial charge in [-0.3, -0.25) is 9.97 Å². The van der Waals surface area contributed by atoms with E-state index >= 15 is 0 Å². The number of hydrogen-bond acceptors (Lipinski definition) is 4. The lowest BCUT2D eigenvalue weighted by atomic mass is 10.2. The lowest BCUT2D eigenvalue weighted by Gasteiger charge is -2.05. The summed E-state index contributed by atoms with van der Waals surface area (Å²) in [7, 11) is 0. The van der Waals surface area contributed by atoms with E-state index in [-0.39, 0.29) is 0 Å². The Bertz CT molecular complexity index is 423. The fraction of sp³-hybridized carbons (Fsp3) is 0.111. The summed E-state index contributed by atoms with van der Waals surface area (Å²) >= 11 is 0. The molecule has 2 rings (SSSR count). The molecule has 0 saturated carbocycles. The molecule has 0 spiro atoms. The molecule has 2 heterocycles. The molecular formula is C9H8N2O2. The maximum atomic E-state index is 9.00. The minimum absolute atomic E-state index is 0.332. The molecule has 4 heteroatoms. The van der Waals surface area contributed by atoms with Crippen LogP contribution in [0.5, 0.6) is 0 Å². The van der Waals surface area contributed by atoms with E-state index in [9.17, 15) is 0 Å². The number of aromatic nitrogens is 2. The third kappa shape index (κ3) is 1.37. The fourth-order valence-corrected chi connectivity index (χ4v) is 1.21. The van der Waals surface area contributed by atoms with E-state index in [2.05, 4.69) is 9.97 Å². The quantitative estimate of drug-likeness (QED) is 0.625. The minimum Gasteiger partial charge on any atom is -0.364 e. The summed E-state index contributed by atoms with van der Waals surface area (Å²) in [5.41, 5.74) is 0.908. The molecule has 4 nitrogen and oxygen atoms in total. The maximum absolute atomic E-state index is 9.00. The van der Waals surface area contributed by atoms with Gasteiger partial charge in [-0.15, -0.1) is 0 Å². The zero-order valence-electron chi connectivity index (χ0n) is 6.75. The molecule has 0 aliphatic carbocycles. The summed E-state index contributed by atoms with van der Waals surface area (Å²) in [6.45, 7) is 0. The molecule has 0 aromatic carbocycles. The molecule has 0 amide bonds. The summed E-state index contributed by atoms with van der Waals surface area (Å²) in [6.07, 6.45) is 3.12. The number of nitrogens with zero attached hydrogens (tertiary/aromatic N) is 2. The highest BCUT2D eigenvalue weighted by Gasteiger charge is 2.08. The van der Waals surface area contributed by atoms with E-state index in [0.717, 1.165) is 5.39 Å². The second-order valence-electron chi connectivity index (χ2n) is 2.68. The van der Waals surface area contributed by atoms with Crippen LogP contribution < -0.4 is 0 Å². The zero-order valence-corrected chi connectivity index (χ0v) is 6.75. The van der Waals surface area contributed by atoms with Crippen molar-refractivity contribution in [2.75, 3.05) is 0 Å². The standard InChI is InChI=1S/C9H8N2O2/c12-9(13)7-5-10-4-6-2-1-3-11-8(6)7/h1-5,9,12-13H. The third-order valence-electron chi connectivity index (χ3n) is 1.82. The van der Waals surface area contributed by atoms with Crippen LogP contribution in [0.1, 0.15) is 11.9 Å². The van der Waals surface area contributed by atoms with Gasteiger partial charge in [0.2, 0.25) is 0 Å². The summed E-state index contributed by atoms with van der Waals surface area (Å²) in [5, 5.41) is 18.8. The Hall–Kier alpha value is -1.52. The average molecular weight is 176 g/mol. The van der Waals surface area contributed by atoms with E-state index < -0.39 is 6.29 Å². The van der Waals surface area contributed by atoms with Gasteiger partial charge in [-0.1, -0.05) is 0 Å². The molecule has 0 aliphatic rings. The zero-order chi connectivity index (χ0) is 9.26. The summed E-state index contributed by atoms with van der Waals surface area (Å²) in [6, 6.07) is 3.60. The van der Waals surface area contributed by atoms with Crippen molar-refractivity contribution in [3.8, 4) is 0 Å². The number of pyridine rings is 2. The van der Waals surface area contributed by atoms with Crippen molar-refractivity contribution in [3.63, 3.8) is 0 Å². The van der Waals surface area contributed by atoms with Crippen molar-refractivity contribution in [2.45, 2.75) is 6.29 Å². The van der Waals surface area contributed by atoms with Gasteiger partial charge in [0.25, 0.3) is 0 Å². The van der Waals surface area contributed by atoms with Crippen LogP contribution in [-0.4, -0.2) is 20.2 Å². The first-order chi connectivity index (χ1) is 6.29. The Morgan fingerprint density at radius 1 is 1.23 bits per heavy atom. The van der Waals surface area contributed by atoms with Gasteiger partial charge < -0.3 is 10.2 Å². The largest absolute Gasteiger partial charge is 0.364 e. The lowest BCUT2D eigenvalue weighted by Crippen LogP contribution is -1.98. The number of fused-ring (bicyclic) bond motifs is 1. The first-order valence-corrected chi connectivity index (χ1v) is 3.84. The van der Waals surface area contributed by atoms with Crippen LogP contribution in [0.15, 0.2) is 30.7 Å². The molecule has 0 atom stereocenters. The SMILES string of the molecule is OC(O)c1cncc2cccnc12. The summed E-state index contributed by atoms with van der Waals surface area (Å²) in [4.78, 5) is 7.92. The predicted octanol–water partition coefficient (Wildman–Crippen LogP) is 0.613. The molecule has 0 aliphatic heterocycles. The maximum Gasteiger partial charge on any atom is 0.182 e. The molecular weight excluding hydrogens is 168 g/mol. The normalized spacial score (nSPS) is 11.0. The van der Waals surface area contributed by atoms with E-state index in [4.69, 9.17) is 10.2 Å². The highest BCUT2D eigenvalue weighted by molar-refractivity contribution is 5.80. The van der Waals surface area contributed by atoms with Gasteiger partial charge in [0.15, 0.2) is 6.29 Å². The van der Waals surface area contributed by atoms with Crippen LogP contribution in [-0.2, 0) is 0 Å². The molecule has 2 aromatic rings. The van der Waals surface area contributed by atoms with Gasteiger partial charge >= 0.3 is 0 Å². The molecule has 66 valence electrons. The Morgan fingerprint density at radius 2 is 2.08 bits per heavy atom. The van der Waals surface area contributed by atoms with Crippen LogP contribution in [0.4, 0.5) is 0 Å². The topological polar surface area (TPSA) is 66.2 Å². The second kappa shape index (κ2) is 3.08. The molecule has 2 aromatic heterocycles. The number of hydrogen-bond donors (Lipinski definition) is 2. The second-order valence-corrected chi connectivity index (χ2v) is 2.68. The fourth-order valence-electron chi connectivity index (χ4n) is 1.21. The molecule has 2 N–H and O–H groups in total. The minimum atomic E-state index is -1.52. The third-order valence-corrected chi connectivity index (χ3v) is 1.82. The van der Waals surface area contributed by atoms with E-state index in [1.165, 1.54) is 6.20 Å². The van der Waals surface area contributed by atoms with Crippen molar-refractivity contribution < 1.29 is 10.2 Å². The van der Waals surface area contributed by atoms with Crippen molar-refractivity contribution in [1.82, 2.24) is 9.97 Å². The molecule has 0 fully saturated rings. The van der Waals surface area contributed by atoms with E-state index in [0.29, 0.717) is 11.1 Å². The number of aliphatic hydroxyl groups excluding tert-OH is 1. The van der Waals surface area contributed by atoms with Gasteiger partial charge in [0, 0.05) is 24.0 Å². The lowest BCUT2D eigenvalue weighted by molar-refractivity contribution is -0.0416. The Kier molecular flexibility index (Phi) is 1.92. The highest BCUT2D eigenvalue weighted by Crippen LogP contribution is 2.18.